The third kappa shape index (κ3) is 5.38. The largest absolute Gasteiger partial charge is 0.357 e. The van der Waals surface area contributed by atoms with Crippen LogP contribution in [0.15, 0.2) is 22.5 Å². The minimum absolute atomic E-state index is 0.519. The van der Waals surface area contributed by atoms with Gasteiger partial charge in [0.15, 0.2) is 5.96 Å². The molecule has 0 aromatic carbocycles. The van der Waals surface area contributed by atoms with E-state index in [4.69, 9.17) is 4.99 Å². The quantitative estimate of drug-likeness (QED) is 0.584. The lowest BCUT2D eigenvalue weighted by molar-refractivity contribution is 0.128. The van der Waals surface area contributed by atoms with E-state index in [1.165, 1.54) is 42.9 Å². The van der Waals surface area contributed by atoms with Crippen molar-refractivity contribution in [1.29, 1.82) is 0 Å². The van der Waals surface area contributed by atoms with Gasteiger partial charge >= 0.3 is 0 Å². The Morgan fingerprint density at radius 2 is 2.24 bits per heavy atom. The molecule has 140 valence electrons. The van der Waals surface area contributed by atoms with Crippen molar-refractivity contribution >= 4 is 29.1 Å². The van der Waals surface area contributed by atoms with Crippen LogP contribution in [0.1, 0.15) is 43.5 Å². The van der Waals surface area contributed by atoms with Crippen LogP contribution in [0, 0.1) is 5.92 Å². The summed E-state index contributed by atoms with van der Waals surface area (Å²) >= 11 is 3.98. The Morgan fingerprint density at radius 1 is 1.32 bits per heavy atom. The summed E-state index contributed by atoms with van der Waals surface area (Å²) < 4.78 is 0. The molecule has 2 saturated heterocycles. The molecule has 2 aliphatic heterocycles. The van der Waals surface area contributed by atoms with Crippen LogP contribution in [0.25, 0.3) is 0 Å². The Bertz CT molecular complexity index is 526. The Morgan fingerprint density at radius 3 is 2.96 bits per heavy atom. The van der Waals surface area contributed by atoms with Crippen LogP contribution in [-0.2, 0) is 0 Å². The molecule has 0 spiro atoms. The fourth-order valence-corrected chi connectivity index (χ4v) is 6.11. The van der Waals surface area contributed by atoms with Crippen molar-refractivity contribution in [1.82, 2.24) is 15.5 Å². The van der Waals surface area contributed by atoms with Crippen molar-refractivity contribution in [3.8, 4) is 0 Å². The molecule has 3 atom stereocenters. The summed E-state index contributed by atoms with van der Waals surface area (Å²) in [6.07, 6.45) is 5.25. The molecule has 1 aromatic rings. The minimum Gasteiger partial charge on any atom is -0.357 e. The van der Waals surface area contributed by atoms with Crippen molar-refractivity contribution in [3.63, 3.8) is 0 Å². The number of hydrogen-bond acceptors (Lipinski definition) is 4. The first-order valence-electron chi connectivity index (χ1n) is 9.65. The summed E-state index contributed by atoms with van der Waals surface area (Å²) in [6, 6.07) is 4.98. The van der Waals surface area contributed by atoms with Crippen LogP contribution in [0.4, 0.5) is 0 Å². The van der Waals surface area contributed by atoms with Crippen molar-refractivity contribution < 1.29 is 0 Å². The predicted octanol–water partition coefficient (Wildman–Crippen LogP) is 3.58. The third-order valence-corrected chi connectivity index (χ3v) is 7.53. The third-order valence-electron chi connectivity index (χ3n) is 5.19. The molecule has 4 nitrogen and oxygen atoms in total. The number of piperidine rings is 1. The molecule has 6 heteroatoms. The molecule has 3 rings (SSSR count). The van der Waals surface area contributed by atoms with E-state index in [1.807, 2.05) is 11.3 Å². The molecule has 2 N–H and O–H groups in total. The number of nitrogens with zero attached hydrogens (tertiary/aromatic N) is 2. The lowest BCUT2D eigenvalue weighted by Gasteiger charge is -2.38. The normalized spacial score (nSPS) is 28.2. The zero-order valence-corrected chi connectivity index (χ0v) is 17.2. The number of thiophene rings is 1. The zero-order chi connectivity index (χ0) is 17.5. The second-order valence-corrected chi connectivity index (χ2v) is 9.47. The molecule has 2 fully saturated rings. The molecule has 0 bridgehead atoms. The fourth-order valence-electron chi connectivity index (χ4n) is 3.93. The van der Waals surface area contributed by atoms with Crippen LogP contribution in [0.5, 0.6) is 0 Å². The highest BCUT2D eigenvalue weighted by molar-refractivity contribution is 8.00. The fraction of sp³-hybridized carbons (Fsp3) is 0.737. The van der Waals surface area contributed by atoms with Crippen LogP contribution >= 0.6 is 23.1 Å². The molecule has 0 aliphatic carbocycles. The number of aliphatic imine (C=N–C) groups is 1. The highest BCUT2D eigenvalue weighted by atomic mass is 32.2. The molecule has 2 aliphatic rings. The first-order valence-corrected chi connectivity index (χ1v) is 11.6. The van der Waals surface area contributed by atoms with E-state index >= 15 is 0 Å². The van der Waals surface area contributed by atoms with Crippen LogP contribution in [-0.4, -0.2) is 55.1 Å². The van der Waals surface area contributed by atoms with Gasteiger partial charge in [-0.05, 0) is 69.3 Å². The maximum absolute atomic E-state index is 4.96. The first kappa shape index (κ1) is 19.1. The molecule has 3 unspecified atom stereocenters. The maximum Gasteiger partial charge on any atom is 0.191 e. The Kier molecular flexibility index (Phi) is 7.49. The van der Waals surface area contributed by atoms with Gasteiger partial charge in [-0.25, -0.2) is 0 Å². The van der Waals surface area contributed by atoms with Crippen LogP contribution < -0.4 is 10.6 Å². The molecule has 0 saturated carbocycles. The Labute approximate surface area is 160 Å². The van der Waals surface area contributed by atoms with E-state index in [2.05, 4.69) is 58.8 Å². The van der Waals surface area contributed by atoms with E-state index in [9.17, 15) is 0 Å². The number of hydrogen-bond donors (Lipinski definition) is 2. The molecule has 25 heavy (non-hydrogen) atoms. The van der Waals surface area contributed by atoms with Gasteiger partial charge in [0.25, 0.3) is 0 Å². The SMILES string of the molecule is CCNC(=NCC1CCCN(C)C1c1cccs1)NCC1CCCS1. The van der Waals surface area contributed by atoms with Gasteiger partial charge in [0.1, 0.15) is 0 Å². The molecule has 1 aromatic heterocycles. The number of guanidine groups is 1. The van der Waals surface area contributed by atoms with Crippen LogP contribution in [0.3, 0.4) is 0 Å². The molecule has 0 radical (unpaired) electrons. The zero-order valence-electron chi connectivity index (χ0n) is 15.5. The monoisotopic (exact) mass is 380 g/mol. The van der Waals surface area contributed by atoms with Gasteiger partial charge in [-0.15, -0.1) is 11.3 Å². The molecular weight excluding hydrogens is 348 g/mol. The van der Waals surface area contributed by atoms with Crippen LogP contribution in [0.2, 0.25) is 0 Å². The van der Waals surface area contributed by atoms with Gasteiger partial charge < -0.3 is 10.6 Å². The Balaban J connectivity index is 1.61. The average molecular weight is 381 g/mol. The molecule has 0 amide bonds. The van der Waals surface area contributed by atoms with Gasteiger partial charge in [0.05, 0.1) is 0 Å². The summed E-state index contributed by atoms with van der Waals surface area (Å²) in [5.74, 6) is 2.92. The summed E-state index contributed by atoms with van der Waals surface area (Å²) in [6.45, 7) is 6.20. The topological polar surface area (TPSA) is 39.7 Å². The Hall–Kier alpha value is -0.720. The van der Waals surface area contributed by atoms with Gasteiger partial charge in [0, 0.05) is 35.8 Å². The second-order valence-electron chi connectivity index (χ2n) is 7.08. The van der Waals surface area contributed by atoms with Gasteiger partial charge in [0.2, 0.25) is 0 Å². The van der Waals surface area contributed by atoms with Crippen molar-refractivity contribution in [2.24, 2.45) is 10.9 Å². The van der Waals surface area contributed by atoms with Gasteiger partial charge in [-0.1, -0.05) is 6.07 Å². The summed E-state index contributed by atoms with van der Waals surface area (Å²) in [5, 5.41) is 9.95. The number of thioether (sulfide) groups is 1. The van der Waals surface area contributed by atoms with E-state index in [-0.39, 0.29) is 0 Å². The van der Waals surface area contributed by atoms with E-state index in [1.54, 1.807) is 0 Å². The summed E-state index contributed by atoms with van der Waals surface area (Å²) in [5.41, 5.74) is 0. The molecular formula is C19H32N4S2. The number of nitrogens with one attached hydrogen (secondary N) is 2. The second kappa shape index (κ2) is 9.83. The average Bonchev–Trinajstić information content (AvgIpc) is 3.31. The molecule has 3 heterocycles. The van der Waals surface area contributed by atoms with Crippen molar-refractivity contribution in [2.75, 3.05) is 39.0 Å². The predicted molar refractivity (Wildman–Crippen MR) is 112 cm³/mol. The van der Waals surface area contributed by atoms with Gasteiger partial charge in [-0.2, -0.15) is 11.8 Å². The summed E-state index contributed by atoms with van der Waals surface area (Å²) in [7, 11) is 2.26. The van der Waals surface area contributed by atoms with Crippen molar-refractivity contribution in [3.05, 3.63) is 22.4 Å². The standard InChI is InChI=1S/C19H32N4S2/c1-3-20-19(22-14-16-8-5-11-24-16)21-13-15-7-4-10-23(2)18(15)17-9-6-12-25-17/h6,9,12,15-16,18H,3-5,7-8,10-11,13-14H2,1-2H3,(H2,20,21,22). The highest BCUT2D eigenvalue weighted by Gasteiger charge is 2.31. The number of likely N-dealkylation sites (tertiary alicyclic amines) is 1. The van der Waals surface area contributed by atoms with Crippen molar-refractivity contribution in [2.45, 2.75) is 43.9 Å². The maximum atomic E-state index is 4.96. The van der Waals surface area contributed by atoms with E-state index in [0.29, 0.717) is 12.0 Å². The highest BCUT2D eigenvalue weighted by Crippen LogP contribution is 2.37. The van der Waals surface area contributed by atoms with Gasteiger partial charge in [-0.3, -0.25) is 9.89 Å². The smallest absolute Gasteiger partial charge is 0.191 e. The van der Waals surface area contributed by atoms with E-state index < -0.39 is 0 Å². The number of rotatable bonds is 6. The minimum atomic E-state index is 0.519. The lowest BCUT2D eigenvalue weighted by atomic mass is 9.88. The van der Waals surface area contributed by atoms with E-state index in [0.717, 1.165) is 30.8 Å². The lowest BCUT2D eigenvalue weighted by Crippen LogP contribution is -2.41. The first-order chi connectivity index (χ1) is 12.3. The summed E-state index contributed by atoms with van der Waals surface area (Å²) in [4.78, 5) is 8.96.